The van der Waals surface area contributed by atoms with Crippen molar-refractivity contribution in [2.75, 3.05) is 13.1 Å². The second-order valence-electron chi connectivity index (χ2n) is 3.50. The zero-order valence-corrected chi connectivity index (χ0v) is 6.42. The quantitative estimate of drug-likeness (QED) is 0.495. The maximum Gasteiger partial charge on any atom is 0.405 e. The highest BCUT2D eigenvalue weighted by Crippen LogP contribution is 2.52. The summed E-state index contributed by atoms with van der Waals surface area (Å²) in [6, 6.07) is 0. The molecule has 0 unspecified atom stereocenters. The maximum atomic E-state index is 10.4. The van der Waals surface area contributed by atoms with E-state index in [0.717, 1.165) is 13.1 Å². The van der Waals surface area contributed by atoms with Crippen LogP contribution in [0.25, 0.3) is 0 Å². The first kappa shape index (κ1) is 6.91. The van der Waals surface area contributed by atoms with Gasteiger partial charge in [-0.2, -0.15) is 0 Å². The molecule has 0 bridgehead atoms. The molecule has 0 aromatic carbocycles. The third kappa shape index (κ3) is 0.758. The predicted octanol–water partition coefficient (Wildman–Crippen LogP) is -0.138. The Balaban J connectivity index is 2.06. The van der Waals surface area contributed by atoms with Gasteiger partial charge in [-0.3, -0.25) is 0 Å². The van der Waals surface area contributed by atoms with Gasteiger partial charge in [-0.1, -0.05) is 6.92 Å². The Morgan fingerprint density at radius 3 is 3.00 bits per heavy atom. The number of amides is 1. The third-order valence-electron chi connectivity index (χ3n) is 3.09. The van der Waals surface area contributed by atoms with Gasteiger partial charge in [-0.05, 0) is 5.92 Å². The number of fused-ring (bicyclic) bond motifs is 1. The van der Waals surface area contributed by atoms with Gasteiger partial charge in [-0.25, -0.2) is 4.79 Å². The van der Waals surface area contributed by atoms with Crippen molar-refractivity contribution in [1.29, 1.82) is 0 Å². The van der Waals surface area contributed by atoms with Crippen molar-refractivity contribution in [2.45, 2.75) is 12.5 Å². The van der Waals surface area contributed by atoms with Gasteiger partial charge >= 0.3 is 6.09 Å². The van der Waals surface area contributed by atoms with Gasteiger partial charge in [0.15, 0.2) is 0 Å². The first-order chi connectivity index (χ1) is 5.17. The smallest absolute Gasteiger partial charge is 0.405 e. The number of carboxylic acid groups (broad SMARTS) is 1. The van der Waals surface area contributed by atoms with E-state index in [4.69, 9.17) is 5.11 Å². The maximum absolute atomic E-state index is 10.4. The van der Waals surface area contributed by atoms with E-state index < -0.39 is 6.09 Å². The van der Waals surface area contributed by atoms with E-state index in [2.05, 4.69) is 17.6 Å². The van der Waals surface area contributed by atoms with Crippen molar-refractivity contribution in [1.82, 2.24) is 10.6 Å². The number of nitrogens with one attached hydrogen (secondary N) is 2. The first-order valence-corrected chi connectivity index (χ1v) is 3.88. The van der Waals surface area contributed by atoms with E-state index >= 15 is 0 Å². The Labute approximate surface area is 65.0 Å². The van der Waals surface area contributed by atoms with Crippen molar-refractivity contribution >= 4 is 6.09 Å². The lowest BCUT2D eigenvalue weighted by Gasteiger charge is -2.12. The van der Waals surface area contributed by atoms with Gasteiger partial charge < -0.3 is 15.7 Å². The highest BCUT2D eigenvalue weighted by molar-refractivity contribution is 5.67. The standard InChI is InChI=1S/C7H12N2O2/c1-4-5-2-8-3-7(4,5)9-6(10)11/h4-5,8-9H,2-3H2,1H3,(H,10,11)/t4-,5+,7+/m1/s1. The second-order valence-corrected chi connectivity index (χ2v) is 3.50. The average molecular weight is 156 g/mol. The van der Waals surface area contributed by atoms with Crippen molar-refractivity contribution in [3.63, 3.8) is 0 Å². The number of piperidine rings is 1. The van der Waals surface area contributed by atoms with Crippen LogP contribution in [-0.4, -0.2) is 29.8 Å². The van der Waals surface area contributed by atoms with Crippen LogP contribution in [0.3, 0.4) is 0 Å². The Morgan fingerprint density at radius 1 is 1.82 bits per heavy atom. The van der Waals surface area contributed by atoms with Crippen LogP contribution in [0.2, 0.25) is 0 Å². The lowest BCUT2D eigenvalue weighted by molar-refractivity contribution is 0.187. The molecule has 1 saturated carbocycles. The molecule has 0 aromatic rings. The molecule has 4 nitrogen and oxygen atoms in total. The highest BCUT2D eigenvalue weighted by Gasteiger charge is 2.65. The normalized spacial score (nSPS) is 46.6. The molecule has 4 heteroatoms. The van der Waals surface area contributed by atoms with E-state index in [0.29, 0.717) is 11.8 Å². The molecule has 1 aliphatic heterocycles. The van der Waals surface area contributed by atoms with Crippen LogP contribution in [-0.2, 0) is 0 Å². The highest BCUT2D eigenvalue weighted by atomic mass is 16.4. The van der Waals surface area contributed by atoms with Gasteiger partial charge in [0, 0.05) is 19.0 Å². The minimum absolute atomic E-state index is 0.119. The molecule has 1 heterocycles. The van der Waals surface area contributed by atoms with E-state index in [1.165, 1.54) is 0 Å². The SMILES string of the molecule is C[C@@H]1[C@@H]2CNC[C@]12NC(=O)O. The molecule has 3 N–H and O–H groups in total. The van der Waals surface area contributed by atoms with Gasteiger partial charge in [-0.15, -0.1) is 0 Å². The van der Waals surface area contributed by atoms with E-state index in [9.17, 15) is 4.79 Å². The molecule has 1 aliphatic carbocycles. The fraction of sp³-hybridized carbons (Fsp3) is 0.857. The summed E-state index contributed by atoms with van der Waals surface area (Å²) in [5.41, 5.74) is -0.119. The van der Waals surface area contributed by atoms with Crippen LogP contribution >= 0.6 is 0 Å². The summed E-state index contributed by atoms with van der Waals surface area (Å²) in [6.07, 6.45) is -0.900. The molecule has 2 rings (SSSR count). The molecule has 11 heavy (non-hydrogen) atoms. The molecular weight excluding hydrogens is 144 g/mol. The summed E-state index contributed by atoms with van der Waals surface area (Å²) in [7, 11) is 0. The largest absolute Gasteiger partial charge is 0.465 e. The lowest BCUT2D eigenvalue weighted by atomic mass is 10.2. The van der Waals surface area contributed by atoms with Gasteiger partial charge in [0.25, 0.3) is 0 Å². The summed E-state index contributed by atoms with van der Waals surface area (Å²) < 4.78 is 0. The first-order valence-electron chi connectivity index (χ1n) is 3.88. The average Bonchev–Trinajstić information content (AvgIpc) is 2.37. The van der Waals surface area contributed by atoms with Crippen molar-refractivity contribution in [3.8, 4) is 0 Å². The van der Waals surface area contributed by atoms with E-state index in [1.54, 1.807) is 0 Å². The third-order valence-corrected chi connectivity index (χ3v) is 3.09. The summed E-state index contributed by atoms with van der Waals surface area (Å²) >= 11 is 0. The Hall–Kier alpha value is -0.770. The Bertz CT molecular complexity index is 207. The van der Waals surface area contributed by atoms with E-state index in [-0.39, 0.29) is 5.54 Å². The summed E-state index contributed by atoms with van der Waals surface area (Å²) in [4.78, 5) is 10.4. The van der Waals surface area contributed by atoms with Gasteiger partial charge in [0.2, 0.25) is 0 Å². The summed E-state index contributed by atoms with van der Waals surface area (Å²) in [6.45, 7) is 3.86. The molecular formula is C7H12N2O2. The minimum atomic E-state index is -0.900. The zero-order chi connectivity index (χ0) is 8.06. The van der Waals surface area contributed by atoms with Gasteiger partial charge in [0.05, 0.1) is 5.54 Å². The van der Waals surface area contributed by atoms with Crippen LogP contribution in [0.1, 0.15) is 6.92 Å². The van der Waals surface area contributed by atoms with Crippen LogP contribution in [0.5, 0.6) is 0 Å². The Morgan fingerprint density at radius 2 is 2.55 bits per heavy atom. The van der Waals surface area contributed by atoms with E-state index in [1.807, 2.05) is 0 Å². The number of carbonyl (C=O) groups is 1. The zero-order valence-electron chi connectivity index (χ0n) is 6.42. The molecule has 2 aliphatic rings. The fourth-order valence-corrected chi connectivity index (χ4v) is 2.26. The van der Waals surface area contributed by atoms with Crippen LogP contribution in [0.4, 0.5) is 4.79 Å². The molecule has 0 radical (unpaired) electrons. The van der Waals surface area contributed by atoms with Crippen molar-refractivity contribution in [2.24, 2.45) is 11.8 Å². The van der Waals surface area contributed by atoms with Crippen LogP contribution in [0.15, 0.2) is 0 Å². The number of hydrogen-bond donors (Lipinski definition) is 3. The molecule has 2 fully saturated rings. The molecule has 1 amide bonds. The van der Waals surface area contributed by atoms with Gasteiger partial charge in [0.1, 0.15) is 0 Å². The summed E-state index contributed by atoms with van der Waals surface area (Å²) in [5, 5.41) is 14.3. The second kappa shape index (κ2) is 1.88. The monoisotopic (exact) mass is 156 g/mol. The number of hydrogen-bond acceptors (Lipinski definition) is 2. The Kier molecular flexibility index (Phi) is 1.18. The molecule has 0 spiro atoms. The van der Waals surface area contributed by atoms with Crippen LogP contribution in [0, 0.1) is 11.8 Å². The molecule has 1 saturated heterocycles. The minimum Gasteiger partial charge on any atom is -0.465 e. The summed E-state index contributed by atoms with van der Waals surface area (Å²) in [5.74, 6) is 1.04. The predicted molar refractivity (Wildman–Crippen MR) is 39.4 cm³/mol. The molecule has 3 atom stereocenters. The van der Waals surface area contributed by atoms with Crippen molar-refractivity contribution < 1.29 is 9.90 Å². The lowest BCUT2D eigenvalue weighted by Crippen LogP contribution is -2.42. The number of rotatable bonds is 1. The molecule has 62 valence electrons. The topological polar surface area (TPSA) is 61.4 Å². The van der Waals surface area contributed by atoms with Crippen molar-refractivity contribution in [3.05, 3.63) is 0 Å². The fourth-order valence-electron chi connectivity index (χ4n) is 2.26. The van der Waals surface area contributed by atoms with Crippen LogP contribution < -0.4 is 10.6 Å². The molecule has 0 aromatic heterocycles.